The molecule has 13 heteroatoms. The van der Waals surface area contributed by atoms with E-state index in [1.807, 2.05) is 52.0 Å². The van der Waals surface area contributed by atoms with E-state index in [1.165, 1.54) is 0 Å². The minimum atomic E-state index is -1.03. The van der Waals surface area contributed by atoms with Crippen LogP contribution in [-0.4, -0.2) is 72.3 Å². The summed E-state index contributed by atoms with van der Waals surface area (Å²) in [6, 6.07) is 3.87. The Labute approximate surface area is 253 Å². The molecule has 11 N–H and O–H groups in total. The molecule has 1 heterocycles. The van der Waals surface area contributed by atoms with Crippen molar-refractivity contribution in [1.82, 2.24) is 31.6 Å². The van der Waals surface area contributed by atoms with Gasteiger partial charge in [-0.1, -0.05) is 45.9 Å². The maximum absolute atomic E-state index is 13.5. The Bertz CT molecular complexity index is 1240. The Hall–Kier alpha value is -4.13. The minimum Gasteiger partial charge on any atom is -0.368 e. The van der Waals surface area contributed by atoms with E-state index >= 15 is 0 Å². The molecule has 13 nitrogen and oxygen atoms in total. The largest absolute Gasteiger partial charge is 0.368 e. The van der Waals surface area contributed by atoms with Crippen molar-refractivity contribution >= 4 is 40.5 Å². The molecule has 0 aliphatic carbocycles. The summed E-state index contributed by atoms with van der Waals surface area (Å²) in [5.74, 6) is -1.86. The number of guanidine groups is 1. The normalized spacial score (nSPS) is 14.0. The molecule has 43 heavy (non-hydrogen) atoms. The number of aromatic amines is 1. The van der Waals surface area contributed by atoms with Crippen LogP contribution in [0.1, 0.15) is 58.9 Å². The standard InChI is InChI=1S/C30H49N9O4/c1-17(2)13-21(31)27(41)39-25(14-18(3)4)29(43)37-23(11-8-12-35-30(33)34-5)28(42)38-24(26(32)40)15-19-16-36-22-10-7-6-9-20(19)22/h6-7,9-10,16-18,21,23-25,36H,8,11-15,31H2,1-5H3,(H2,32,40)(H,37,43)(H,38,42)(H,39,41)(H3,33,34,35)/t21-,23-,24-,25-/m0/s1. The molecule has 0 aliphatic heterocycles. The number of primary amides is 1. The van der Waals surface area contributed by atoms with Crippen LogP contribution >= 0.6 is 0 Å². The van der Waals surface area contributed by atoms with Crippen molar-refractivity contribution in [2.24, 2.45) is 23.3 Å². The van der Waals surface area contributed by atoms with Crippen molar-refractivity contribution in [2.45, 2.75) is 84.0 Å². The Balaban J connectivity index is 2.21. The number of aromatic nitrogens is 1. The summed E-state index contributed by atoms with van der Waals surface area (Å²) in [5, 5.41) is 22.4. The van der Waals surface area contributed by atoms with E-state index < -0.39 is 47.8 Å². The van der Waals surface area contributed by atoms with Gasteiger partial charge < -0.3 is 43.0 Å². The van der Waals surface area contributed by atoms with Gasteiger partial charge in [-0.05, 0) is 49.1 Å². The fourth-order valence-electron chi connectivity index (χ4n) is 4.76. The number of H-pyrrole nitrogens is 1. The first-order valence-electron chi connectivity index (χ1n) is 14.8. The fourth-order valence-corrected chi connectivity index (χ4v) is 4.76. The summed E-state index contributed by atoms with van der Waals surface area (Å²) in [6.45, 7) is 8.13. The molecule has 2 rings (SSSR count). The highest BCUT2D eigenvalue weighted by Gasteiger charge is 2.30. The number of para-hydroxylation sites is 1. The predicted molar refractivity (Wildman–Crippen MR) is 168 cm³/mol. The summed E-state index contributed by atoms with van der Waals surface area (Å²) in [5.41, 5.74) is 13.4. The molecule has 1 aromatic carbocycles. The molecule has 0 bridgehead atoms. The zero-order chi connectivity index (χ0) is 32.1. The van der Waals surface area contributed by atoms with E-state index in [-0.39, 0.29) is 30.6 Å². The number of carbonyl (C=O) groups is 4. The highest BCUT2D eigenvalue weighted by Crippen LogP contribution is 2.19. The van der Waals surface area contributed by atoms with Crippen LogP contribution in [0, 0.1) is 17.2 Å². The van der Waals surface area contributed by atoms with Gasteiger partial charge in [0.1, 0.15) is 18.1 Å². The first-order chi connectivity index (χ1) is 20.3. The van der Waals surface area contributed by atoms with Crippen LogP contribution in [0.2, 0.25) is 0 Å². The Morgan fingerprint density at radius 2 is 1.49 bits per heavy atom. The number of fused-ring (bicyclic) bond motifs is 1. The quantitative estimate of drug-likeness (QED) is 0.0715. The number of nitrogens with two attached hydrogens (primary N) is 2. The van der Waals surface area contributed by atoms with Gasteiger partial charge in [0.2, 0.25) is 23.6 Å². The molecule has 0 aliphatic rings. The first kappa shape index (κ1) is 35.1. The van der Waals surface area contributed by atoms with E-state index in [9.17, 15) is 19.2 Å². The molecule has 0 radical (unpaired) electrons. The monoisotopic (exact) mass is 599 g/mol. The van der Waals surface area contributed by atoms with Crippen molar-refractivity contribution < 1.29 is 19.2 Å². The summed E-state index contributed by atoms with van der Waals surface area (Å²) in [6.07, 6.45) is 3.37. The molecule has 0 unspecified atom stereocenters. The van der Waals surface area contributed by atoms with Crippen LogP contribution in [-0.2, 0) is 25.6 Å². The van der Waals surface area contributed by atoms with Crippen LogP contribution in [0.5, 0.6) is 0 Å². The van der Waals surface area contributed by atoms with Gasteiger partial charge in [0.15, 0.2) is 5.96 Å². The Kier molecular flexibility index (Phi) is 13.9. The van der Waals surface area contributed by atoms with Crippen LogP contribution in [0.15, 0.2) is 30.5 Å². The van der Waals surface area contributed by atoms with Crippen molar-refractivity contribution in [3.8, 4) is 0 Å². The number of hydrogen-bond acceptors (Lipinski definition) is 6. The maximum Gasteiger partial charge on any atom is 0.243 e. The SMILES string of the molecule is CNC(=N)NCCC[C@H](NC(=O)[C@H](CC(C)C)NC(=O)[C@@H](N)CC(C)C)C(=O)N[C@@H](Cc1c[nH]c2ccccc12)C(N)=O. The van der Waals surface area contributed by atoms with Crippen LogP contribution < -0.4 is 38.1 Å². The zero-order valence-corrected chi connectivity index (χ0v) is 25.9. The van der Waals surface area contributed by atoms with E-state index in [4.69, 9.17) is 16.9 Å². The molecule has 2 aromatic rings. The maximum atomic E-state index is 13.5. The first-order valence-corrected chi connectivity index (χ1v) is 14.8. The molecule has 4 atom stereocenters. The molecule has 0 saturated carbocycles. The molecule has 238 valence electrons. The molecule has 0 spiro atoms. The van der Waals surface area contributed by atoms with Gasteiger partial charge >= 0.3 is 0 Å². The number of benzene rings is 1. The number of carbonyl (C=O) groups excluding carboxylic acids is 4. The van der Waals surface area contributed by atoms with Gasteiger partial charge in [-0.3, -0.25) is 24.6 Å². The van der Waals surface area contributed by atoms with Gasteiger partial charge in [-0.25, -0.2) is 0 Å². The van der Waals surface area contributed by atoms with Crippen LogP contribution in [0.4, 0.5) is 0 Å². The van der Waals surface area contributed by atoms with E-state index in [0.717, 1.165) is 16.5 Å². The van der Waals surface area contributed by atoms with Crippen molar-refractivity contribution in [2.75, 3.05) is 13.6 Å². The number of amides is 4. The second-order valence-corrected chi connectivity index (χ2v) is 11.7. The second kappa shape index (κ2) is 17.1. The summed E-state index contributed by atoms with van der Waals surface area (Å²) in [7, 11) is 1.61. The fraction of sp³-hybridized carbons (Fsp3) is 0.567. The molecular formula is C30H49N9O4. The predicted octanol–water partition coefficient (Wildman–Crippen LogP) is 0.594. The number of nitrogens with one attached hydrogen (secondary N) is 7. The summed E-state index contributed by atoms with van der Waals surface area (Å²) in [4.78, 5) is 55.4. The second-order valence-electron chi connectivity index (χ2n) is 11.7. The van der Waals surface area contributed by atoms with Gasteiger partial charge in [0.05, 0.1) is 6.04 Å². The lowest BCUT2D eigenvalue weighted by Gasteiger charge is -2.26. The minimum absolute atomic E-state index is 0.0665. The third-order valence-corrected chi connectivity index (χ3v) is 7.02. The smallest absolute Gasteiger partial charge is 0.243 e. The van der Waals surface area contributed by atoms with Crippen molar-refractivity contribution in [3.63, 3.8) is 0 Å². The third kappa shape index (κ3) is 11.6. The van der Waals surface area contributed by atoms with Gasteiger partial charge in [-0.15, -0.1) is 0 Å². The third-order valence-electron chi connectivity index (χ3n) is 7.02. The lowest BCUT2D eigenvalue weighted by Crippen LogP contribution is -2.58. The van der Waals surface area contributed by atoms with E-state index in [2.05, 4.69) is 31.6 Å². The lowest BCUT2D eigenvalue weighted by molar-refractivity contribution is -0.134. The molecule has 0 saturated heterocycles. The lowest BCUT2D eigenvalue weighted by atomic mass is 10.00. The molecular weight excluding hydrogens is 550 g/mol. The average molecular weight is 600 g/mol. The Morgan fingerprint density at radius 1 is 0.884 bits per heavy atom. The van der Waals surface area contributed by atoms with Gasteiger partial charge in [-0.2, -0.15) is 0 Å². The van der Waals surface area contributed by atoms with Crippen molar-refractivity contribution in [3.05, 3.63) is 36.0 Å². The summed E-state index contributed by atoms with van der Waals surface area (Å²) < 4.78 is 0. The average Bonchev–Trinajstić information content (AvgIpc) is 3.35. The number of rotatable bonds is 17. The highest BCUT2D eigenvalue weighted by molar-refractivity contribution is 5.95. The topological polar surface area (TPSA) is 220 Å². The Morgan fingerprint density at radius 3 is 2.12 bits per heavy atom. The highest BCUT2D eigenvalue weighted by atomic mass is 16.2. The van der Waals surface area contributed by atoms with Crippen molar-refractivity contribution in [1.29, 1.82) is 5.41 Å². The molecule has 0 fully saturated rings. The zero-order valence-electron chi connectivity index (χ0n) is 25.9. The van der Waals surface area contributed by atoms with E-state index in [1.54, 1.807) is 13.2 Å². The molecule has 1 aromatic heterocycles. The van der Waals surface area contributed by atoms with Crippen LogP contribution in [0.25, 0.3) is 10.9 Å². The van der Waals surface area contributed by atoms with E-state index in [0.29, 0.717) is 25.8 Å². The van der Waals surface area contributed by atoms with Crippen LogP contribution in [0.3, 0.4) is 0 Å². The van der Waals surface area contributed by atoms with Gasteiger partial charge in [0.25, 0.3) is 0 Å². The van der Waals surface area contributed by atoms with Gasteiger partial charge in [0, 0.05) is 37.1 Å². The molecule has 4 amide bonds. The summed E-state index contributed by atoms with van der Waals surface area (Å²) >= 11 is 0. The number of hydrogen-bond donors (Lipinski definition) is 9.